The average molecular weight is 297 g/mol. The lowest BCUT2D eigenvalue weighted by Crippen LogP contribution is -2.24. The molecule has 0 aliphatic heterocycles. The number of unbranched alkanes of at least 4 members (excludes halogenated alkanes) is 1. The van der Waals surface area contributed by atoms with Crippen LogP contribution in [-0.2, 0) is 0 Å². The van der Waals surface area contributed by atoms with Gasteiger partial charge in [-0.1, -0.05) is 20.3 Å². The number of carbonyl (C=O) groups is 2. The second kappa shape index (κ2) is 7.28. The molecule has 0 unspecified atom stereocenters. The zero-order chi connectivity index (χ0) is 15.3. The number of amides is 1. The van der Waals surface area contributed by atoms with E-state index >= 15 is 0 Å². The van der Waals surface area contributed by atoms with Crippen LogP contribution < -0.4 is 16.0 Å². The third-order valence-corrected chi connectivity index (χ3v) is 4.51. The Morgan fingerprint density at radius 1 is 1.35 bits per heavy atom. The van der Waals surface area contributed by atoms with Crippen LogP contribution in [0.5, 0.6) is 0 Å². The van der Waals surface area contributed by atoms with Crippen molar-refractivity contribution in [1.29, 1.82) is 0 Å². The Hall–Kier alpha value is -1.56. The van der Waals surface area contributed by atoms with Crippen molar-refractivity contribution in [1.82, 2.24) is 5.32 Å². The fraction of sp³-hybridized carbons (Fsp3) is 0.571. The summed E-state index contributed by atoms with van der Waals surface area (Å²) in [5, 5.41) is 3.36. The quantitative estimate of drug-likeness (QED) is 0.758. The number of Topliss-reactive ketones (excluding diaryl/α,β-unsaturated/α-hetero) is 1. The van der Waals surface area contributed by atoms with Gasteiger partial charge in [-0.05, 0) is 6.42 Å². The molecular weight excluding hydrogens is 274 g/mol. The van der Waals surface area contributed by atoms with Crippen molar-refractivity contribution in [3.8, 4) is 0 Å². The summed E-state index contributed by atoms with van der Waals surface area (Å²) in [7, 11) is 3.49. The van der Waals surface area contributed by atoms with Crippen molar-refractivity contribution in [2.24, 2.45) is 0 Å². The molecule has 0 saturated carbocycles. The van der Waals surface area contributed by atoms with Crippen molar-refractivity contribution in [2.45, 2.75) is 33.1 Å². The van der Waals surface area contributed by atoms with E-state index in [0.717, 1.165) is 24.4 Å². The molecule has 1 aromatic heterocycles. The molecule has 0 aliphatic rings. The molecule has 1 amide bonds. The number of anilines is 2. The molecular formula is C14H23N3O2S. The Bertz CT molecular complexity index is 497. The van der Waals surface area contributed by atoms with Crippen LogP contribution in [0.4, 0.5) is 10.7 Å². The van der Waals surface area contributed by atoms with E-state index in [1.54, 1.807) is 14.0 Å². The lowest BCUT2D eigenvalue weighted by molar-refractivity contribution is 0.0964. The first-order valence-electron chi connectivity index (χ1n) is 6.86. The molecule has 0 aliphatic carbocycles. The van der Waals surface area contributed by atoms with Crippen molar-refractivity contribution >= 4 is 33.7 Å². The van der Waals surface area contributed by atoms with Crippen molar-refractivity contribution in [3.05, 3.63) is 10.4 Å². The zero-order valence-corrected chi connectivity index (χ0v) is 13.4. The van der Waals surface area contributed by atoms with Crippen LogP contribution in [0.3, 0.4) is 0 Å². The smallest absolute Gasteiger partial charge is 0.256 e. The van der Waals surface area contributed by atoms with E-state index in [9.17, 15) is 9.59 Å². The first-order chi connectivity index (χ1) is 9.47. The van der Waals surface area contributed by atoms with Gasteiger partial charge in [0.05, 0.1) is 16.1 Å². The number of ketones is 1. The molecule has 6 heteroatoms. The van der Waals surface area contributed by atoms with Gasteiger partial charge in [-0.3, -0.25) is 9.59 Å². The molecule has 1 aromatic rings. The zero-order valence-electron chi connectivity index (χ0n) is 12.6. The molecule has 0 fully saturated rings. The Morgan fingerprint density at radius 2 is 2.00 bits per heavy atom. The van der Waals surface area contributed by atoms with E-state index < -0.39 is 0 Å². The van der Waals surface area contributed by atoms with E-state index in [-0.39, 0.29) is 11.7 Å². The molecule has 112 valence electrons. The predicted octanol–water partition coefficient (Wildman–Crippen LogP) is 2.52. The number of hydrogen-bond acceptors (Lipinski definition) is 5. The molecule has 3 N–H and O–H groups in total. The molecule has 1 heterocycles. The number of hydrogen-bond donors (Lipinski definition) is 2. The minimum absolute atomic E-state index is 0.0206. The maximum Gasteiger partial charge on any atom is 0.256 e. The predicted molar refractivity (Wildman–Crippen MR) is 84.9 cm³/mol. The largest absolute Gasteiger partial charge is 0.397 e. The van der Waals surface area contributed by atoms with Gasteiger partial charge in [-0.2, -0.15) is 0 Å². The number of nitrogen functional groups attached to an aromatic ring is 1. The number of nitrogens with zero attached hydrogens (tertiary/aromatic N) is 1. The summed E-state index contributed by atoms with van der Waals surface area (Å²) < 4.78 is 0. The van der Waals surface area contributed by atoms with Crippen LogP contribution in [-0.4, -0.2) is 32.3 Å². The lowest BCUT2D eigenvalue weighted by atomic mass is 10.1. The molecule has 0 bridgehead atoms. The summed E-state index contributed by atoms with van der Waals surface area (Å²) in [6, 6.07) is 0. The number of nitrogens with two attached hydrogens (primary N) is 1. The fourth-order valence-electron chi connectivity index (χ4n) is 1.91. The normalized spacial score (nSPS) is 10.4. The third kappa shape index (κ3) is 3.30. The Labute approximate surface area is 124 Å². The maximum absolute atomic E-state index is 12.0. The Balaban J connectivity index is 3.26. The summed E-state index contributed by atoms with van der Waals surface area (Å²) in [6.45, 7) is 4.74. The Morgan fingerprint density at radius 3 is 2.50 bits per heavy atom. The van der Waals surface area contributed by atoms with E-state index in [4.69, 9.17) is 5.73 Å². The minimum atomic E-state index is -0.243. The van der Waals surface area contributed by atoms with Crippen molar-refractivity contribution in [2.75, 3.05) is 31.3 Å². The number of carbonyl (C=O) groups excluding carboxylic acids is 2. The number of rotatable bonds is 7. The highest BCUT2D eigenvalue weighted by Gasteiger charge is 2.25. The fourth-order valence-corrected chi connectivity index (χ4v) is 3.12. The van der Waals surface area contributed by atoms with Gasteiger partial charge < -0.3 is 16.0 Å². The molecule has 0 atom stereocenters. The standard InChI is InChI=1S/C14H23N3O2S/c1-5-7-8-17(4)14-10(13(19)16-3)11(15)12(20-14)9(18)6-2/h5-8,15H2,1-4H3,(H,16,19). The number of thiophene rings is 1. The molecule has 20 heavy (non-hydrogen) atoms. The van der Waals surface area contributed by atoms with Crippen LogP contribution in [0.1, 0.15) is 53.1 Å². The highest BCUT2D eigenvalue weighted by molar-refractivity contribution is 7.19. The van der Waals surface area contributed by atoms with E-state index in [1.165, 1.54) is 11.3 Å². The van der Waals surface area contributed by atoms with Gasteiger partial charge >= 0.3 is 0 Å². The summed E-state index contributed by atoms with van der Waals surface area (Å²) in [5.41, 5.74) is 6.75. The first-order valence-corrected chi connectivity index (χ1v) is 7.68. The van der Waals surface area contributed by atoms with E-state index in [0.29, 0.717) is 22.5 Å². The SMILES string of the molecule is CCCCN(C)c1sc(C(=O)CC)c(N)c1C(=O)NC. The minimum Gasteiger partial charge on any atom is -0.397 e. The van der Waals surface area contributed by atoms with Crippen LogP contribution in [0.15, 0.2) is 0 Å². The second-order valence-electron chi connectivity index (χ2n) is 4.66. The van der Waals surface area contributed by atoms with Gasteiger partial charge in [0.25, 0.3) is 5.91 Å². The van der Waals surface area contributed by atoms with Gasteiger partial charge in [-0.15, -0.1) is 11.3 Å². The van der Waals surface area contributed by atoms with Gasteiger partial charge in [0, 0.05) is 27.1 Å². The highest BCUT2D eigenvalue weighted by Crippen LogP contribution is 2.38. The highest BCUT2D eigenvalue weighted by atomic mass is 32.1. The third-order valence-electron chi connectivity index (χ3n) is 3.15. The van der Waals surface area contributed by atoms with E-state index in [1.807, 2.05) is 11.9 Å². The second-order valence-corrected chi connectivity index (χ2v) is 5.66. The molecule has 0 radical (unpaired) electrons. The summed E-state index contributed by atoms with van der Waals surface area (Å²) in [4.78, 5) is 26.5. The Kier molecular flexibility index (Phi) is 6.01. The van der Waals surface area contributed by atoms with Gasteiger partial charge in [0.1, 0.15) is 5.00 Å². The molecule has 5 nitrogen and oxygen atoms in total. The van der Waals surface area contributed by atoms with Gasteiger partial charge in [0.15, 0.2) is 5.78 Å². The monoisotopic (exact) mass is 297 g/mol. The molecule has 0 spiro atoms. The topological polar surface area (TPSA) is 75.4 Å². The molecule has 1 rings (SSSR count). The average Bonchev–Trinajstić information content (AvgIpc) is 2.80. The summed E-state index contributed by atoms with van der Waals surface area (Å²) in [6.07, 6.45) is 2.48. The van der Waals surface area contributed by atoms with E-state index in [2.05, 4.69) is 12.2 Å². The maximum atomic E-state index is 12.0. The van der Waals surface area contributed by atoms with Crippen LogP contribution in [0.25, 0.3) is 0 Å². The lowest BCUT2D eigenvalue weighted by Gasteiger charge is -2.18. The van der Waals surface area contributed by atoms with Gasteiger partial charge in [0.2, 0.25) is 0 Å². The molecule has 0 saturated heterocycles. The first kappa shape index (κ1) is 16.5. The van der Waals surface area contributed by atoms with Crippen LogP contribution in [0, 0.1) is 0 Å². The molecule has 0 aromatic carbocycles. The summed E-state index contributed by atoms with van der Waals surface area (Å²) in [5.74, 6) is -0.264. The van der Waals surface area contributed by atoms with Crippen LogP contribution in [0.2, 0.25) is 0 Å². The summed E-state index contributed by atoms with van der Waals surface area (Å²) >= 11 is 1.31. The van der Waals surface area contributed by atoms with Gasteiger partial charge in [-0.25, -0.2) is 0 Å². The van der Waals surface area contributed by atoms with Crippen molar-refractivity contribution < 1.29 is 9.59 Å². The van der Waals surface area contributed by atoms with Crippen LogP contribution >= 0.6 is 11.3 Å². The number of nitrogens with one attached hydrogen (secondary N) is 1. The van der Waals surface area contributed by atoms with Crippen molar-refractivity contribution in [3.63, 3.8) is 0 Å².